The molecule has 3 fully saturated rings. The van der Waals surface area contributed by atoms with E-state index in [0.717, 1.165) is 0 Å². The van der Waals surface area contributed by atoms with Crippen LogP contribution in [0.2, 0.25) is 0 Å². The van der Waals surface area contributed by atoms with E-state index in [1.165, 1.54) is 0 Å². The van der Waals surface area contributed by atoms with E-state index < -0.39 is 34.6 Å². The van der Waals surface area contributed by atoms with Gasteiger partial charge in [0.25, 0.3) is 5.91 Å². The minimum Gasteiger partial charge on any atom is -0.497 e. The van der Waals surface area contributed by atoms with Gasteiger partial charge >= 0.3 is 5.97 Å². The van der Waals surface area contributed by atoms with Gasteiger partial charge in [0.15, 0.2) is 0 Å². The van der Waals surface area contributed by atoms with Gasteiger partial charge in [0.05, 0.1) is 42.9 Å². The second-order valence-corrected chi connectivity index (χ2v) is 12.6. The molecule has 3 unspecified atom stereocenters. The molecular weight excluding hydrogens is 572 g/mol. The Bertz CT molecular complexity index is 1080. The highest BCUT2D eigenvalue weighted by atomic mass is 79.9. The van der Waals surface area contributed by atoms with Crippen LogP contribution in [-0.2, 0) is 19.1 Å². The summed E-state index contributed by atoms with van der Waals surface area (Å²) in [5.74, 6) is -1.67. The summed E-state index contributed by atoms with van der Waals surface area (Å²) >= 11 is 5.30. The highest BCUT2D eigenvalue weighted by molar-refractivity contribution is 9.09. The van der Waals surface area contributed by atoms with Crippen molar-refractivity contribution in [3.05, 3.63) is 49.6 Å². The molecule has 3 saturated heterocycles. The predicted molar refractivity (Wildman–Crippen MR) is 152 cm³/mol. The smallest absolute Gasteiger partial charge is 0.310 e. The van der Waals surface area contributed by atoms with E-state index in [9.17, 15) is 19.5 Å². The number of aliphatic hydroxyl groups excluding tert-OH is 1. The average molecular weight is 608 g/mol. The minimum absolute atomic E-state index is 0.0631. The Morgan fingerprint density at radius 1 is 1.32 bits per heavy atom. The third-order valence-corrected chi connectivity index (χ3v) is 11.1. The zero-order valence-corrected chi connectivity index (χ0v) is 24.2. The van der Waals surface area contributed by atoms with Crippen LogP contribution in [0.3, 0.4) is 0 Å². The summed E-state index contributed by atoms with van der Waals surface area (Å²) < 4.78 is 10.0. The molecule has 0 aromatic heterocycles. The van der Waals surface area contributed by atoms with Gasteiger partial charge in [0.1, 0.15) is 11.8 Å². The number of carbonyl (C=O) groups excluding carboxylic acids is 3. The number of hydrogen-bond donors (Lipinski definition) is 1. The van der Waals surface area contributed by atoms with E-state index in [2.05, 4.69) is 29.1 Å². The molecule has 7 atom stereocenters. The van der Waals surface area contributed by atoms with Crippen LogP contribution in [0.1, 0.15) is 26.2 Å². The van der Waals surface area contributed by atoms with E-state index in [1.54, 1.807) is 65.1 Å². The summed E-state index contributed by atoms with van der Waals surface area (Å²) in [5, 5.41) is 10.1. The second-order valence-electron chi connectivity index (χ2n) is 9.83. The molecule has 38 heavy (non-hydrogen) atoms. The van der Waals surface area contributed by atoms with Crippen LogP contribution in [0.25, 0.3) is 0 Å². The molecule has 1 spiro atoms. The maximum Gasteiger partial charge on any atom is 0.310 e. The summed E-state index contributed by atoms with van der Waals surface area (Å²) in [7, 11) is 1.58. The number of nitrogens with zero attached hydrogens (tertiary/aromatic N) is 2. The number of amides is 2. The average Bonchev–Trinajstić information content (AvgIpc) is 3.51. The Balaban J connectivity index is 1.78. The number of aliphatic hydroxyl groups is 1. The highest BCUT2D eigenvalue weighted by Gasteiger charge is 2.76. The molecule has 0 radical (unpaired) electrons. The maximum absolute atomic E-state index is 14.5. The van der Waals surface area contributed by atoms with Gasteiger partial charge in [0, 0.05) is 22.3 Å². The van der Waals surface area contributed by atoms with E-state index >= 15 is 0 Å². The number of alkyl halides is 1. The maximum atomic E-state index is 14.5. The fourth-order valence-electron chi connectivity index (χ4n) is 6.12. The van der Waals surface area contributed by atoms with Gasteiger partial charge in [0.2, 0.25) is 5.91 Å². The number of ether oxygens (including phenoxy) is 2. The lowest BCUT2D eigenvalue weighted by Crippen LogP contribution is -2.58. The molecule has 10 heteroatoms. The summed E-state index contributed by atoms with van der Waals surface area (Å²) in [6, 6.07) is 5.74. The molecule has 8 nitrogen and oxygen atoms in total. The van der Waals surface area contributed by atoms with Crippen LogP contribution in [-0.4, -0.2) is 81.6 Å². The Kier molecular flexibility index (Phi) is 8.94. The number of halogens is 1. The molecular formula is C28H35BrN2O6S. The zero-order valence-electron chi connectivity index (χ0n) is 21.8. The van der Waals surface area contributed by atoms with Crippen molar-refractivity contribution in [3.8, 4) is 5.75 Å². The number of thioether (sulfide) groups is 1. The quantitative estimate of drug-likeness (QED) is 0.168. The topological polar surface area (TPSA) is 96.4 Å². The first-order valence-corrected chi connectivity index (χ1v) is 14.7. The van der Waals surface area contributed by atoms with Gasteiger partial charge < -0.3 is 24.4 Å². The van der Waals surface area contributed by atoms with Crippen LogP contribution in [0, 0.1) is 11.8 Å². The van der Waals surface area contributed by atoms with Crippen molar-refractivity contribution < 1.29 is 29.0 Å². The molecule has 1 N–H and O–H groups in total. The molecule has 2 bridgehead atoms. The van der Waals surface area contributed by atoms with Crippen molar-refractivity contribution in [3.63, 3.8) is 0 Å². The standard InChI is InChI=1S/C28H35BrN2O6S/c1-5-8-14-37-27(35)21-22-25(33)31(17(7-3)16-32)24(28(22)15-20(29)23(21)38-28)26(34)30(13-6-2)18-9-11-19(36-4)12-10-18/h5-6,9-12,17,20-24,32H,1-2,7-8,13-16H2,3-4H3/t17-,20?,21-,22-,23-,24?,28?/m0/s1. The Morgan fingerprint density at radius 2 is 2.03 bits per heavy atom. The van der Waals surface area contributed by atoms with Crippen LogP contribution in [0.5, 0.6) is 5.75 Å². The lowest BCUT2D eigenvalue weighted by atomic mass is 9.71. The van der Waals surface area contributed by atoms with E-state index in [-0.39, 0.29) is 41.6 Å². The minimum atomic E-state index is -0.861. The highest BCUT2D eigenvalue weighted by Crippen LogP contribution is 2.68. The number of likely N-dealkylation sites (tertiary alicyclic amines) is 1. The number of benzene rings is 1. The van der Waals surface area contributed by atoms with Gasteiger partial charge in [-0.1, -0.05) is 35.0 Å². The zero-order chi connectivity index (χ0) is 27.6. The van der Waals surface area contributed by atoms with Gasteiger partial charge in [-0.15, -0.1) is 24.9 Å². The van der Waals surface area contributed by atoms with Crippen molar-refractivity contribution in [1.29, 1.82) is 0 Å². The molecule has 3 heterocycles. The molecule has 1 aromatic rings. The summed E-state index contributed by atoms with van der Waals surface area (Å²) in [6.45, 7) is 9.55. The molecule has 4 rings (SSSR count). The molecule has 0 aliphatic carbocycles. The second kappa shape index (κ2) is 11.8. The van der Waals surface area contributed by atoms with E-state index in [0.29, 0.717) is 30.7 Å². The summed E-state index contributed by atoms with van der Waals surface area (Å²) in [5.41, 5.74) is 0.647. The Morgan fingerprint density at radius 3 is 2.61 bits per heavy atom. The molecule has 3 aliphatic rings. The van der Waals surface area contributed by atoms with Crippen LogP contribution in [0.15, 0.2) is 49.6 Å². The molecule has 206 valence electrons. The van der Waals surface area contributed by atoms with E-state index in [1.807, 2.05) is 6.92 Å². The summed E-state index contributed by atoms with van der Waals surface area (Å²) in [4.78, 5) is 45.1. The number of carbonyl (C=O) groups is 3. The first kappa shape index (κ1) is 28.7. The third-order valence-electron chi connectivity index (χ3n) is 7.84. The van der Waals surface area contributed by atoms with Crippen molar-refractivity contribution in [2.75, 3.05) is 31.8 Å². The fraction of sp³-hybridized carbons (Fsp3) is 0.536. The lowest BCUT2D eigenvalue weighted by Gasteiger charge is -2.39. The number of hydrogen-bond acceptors (Lipinski definition) is 7. The molecule has 1 aromatic carbocycles. The lowest BCUT2D eigenvalue weighted by molar-refractivity contribution is -0.154. The number of fused-ring (bicyclic) bond motifs is 1. The van der Waals surface area contributed by atoms with Crippen molar-refractivity contribution >= 4 is 51.2 Å². The van der Waals surface area contributed by atoms with Crippen molar-refractivity contribution in [2.45, 2.75) is 53.1 Å². The van der Waals surface area contributed by atoms with Gasteiger partial charge in [-0.3, -0.25) is 14.4 Å². The van der Waals surface area contributed by atoms with Crippen LogP contribution in [0.4, 0.5) is 5.69 Å². The fourth-order valence-corrected chi connectivity index (χ4v) is 9.70. The van der Waals surface area contributed by atoms with Crippen molar-refractivity contribution in [2.24, 2.45) is 11.8 Å². The largest absolute Gasteiger partial charge is 0.497 e. The monoisotopic (exact) mass is 606 g/mol. The first-order chi connectivity index (χ1) is 18.3. The number of methoxy groups -OCH3 is 1. The number of anilines is 1. The number of rotatable bonds is 12. The Hall–Kier alpha value is -2.30. The van der Waals surface area contributed by atoms with Crippen LogP contribution >= 0.6 is 27.7 Å². The van der Waals surface area contributed by atoms with Crippen LogP contribution < -0.4 is 9.64 Å². The third kappa shape index (κ3) is 4.69. The molecule has 0 saturated carbocycles. The number of esters is 1. The normalized spacial score (nSPS) is 30.1. The van der Waals surface area contributed by atoms with Gasteiger partial charge in [-0.05, 0) is 43.5 Å². The van der Waals surface area contributed by atoms with Gasteiger partial charge in [-0.25, -0.2) is 0 Å². The molecule has 3 aliphatic heterocycles. The van der Waals surface area contributed by atoms with Crippen molar-refractivity contribution in [1.82, 2.24) is 4.90 Å². The molecule has 2 amide bonds. The predicted octanol–water partition coefficient (Wildman–Crippen LogP) is 3.57. The van der Waals surface area contributed by atoms with E-state index in [4.69, 9.17) is 9.47 Å². The van der Waals surface area contributed by atoms with Gasteiger partial charge in [-0.2, -0.15) is 0 Å². The summed E-state index contributed by atoms with van der Waals surface area (Å²) in [6.07, 6.45) is 4.86. The Labute approximate surface area is 236 Å². The first-order valence-electron chi connectivity index (χ1n) is 12.9. The SMILES string of the molecule is C=CCCOC(=O)[C@H]1[C@H]2C(=O)N([C@@H](CC)CO)C(C(=O)N(CC=C)c3ccc(OC)cc3)C23CC(Br)[C@@H]1S3.